The molecule has 2 aromatic carbocycles. The molecule has 2 rings (SSSR count). The second-order valence-electron chi connectivity index (χ2n) is 7.74. The zero-order valence-electron chi connectivity index (χ0n) is 18.8. The maximum atomic E-state index is 12.4. The normalized spacial score (nSPS) is 11.2. The van der Waals surface area contributed by atoms with Gasteiger partial charge in [-0.1, -0.05) is 94.7 Å². The van der Waals surface area contributed by atoms with Crippen LogP contribution in [0.1, 0.15) is 76.7 Å². The third kappa shape index (κ3) is 10.8. The fourth-order valence-corrected chi connectivity index (χ4v) is 4.21. The molecule has 0 amide bonds. The summed E-state index contributed by atoms with van der Waals surface area (Å²) >= 11 is 0. The van der Waals surface area contributed by atoms with Gasteiger partial charge in [-0.15, -0.1) is 0 Å². The van der Waals surface area contributed by atoms with Crippen molar-refractivity contribution in [3.8, 4) is 17.2 Å². The fraction of sp³-hybridized carbons (Fsp3) is 0.500. The van der Waals surface area contributed by atoms with Crippen LogP contribution in [0.15, 0.2) is 47.4 Å². The van der Waals surface area contributed by atoms with Gasteiger partial charge in [0.05, 0.1) is 0 Å². The molecular formula is C24H33KO5S. The third-order valence-electron chi connectivity index (χ3n) is 5.13. The van der Waals surface area contributed by atoms with E-state index >= 15 is 0 Å². The Bertz CT molecular complexity index is 869. The first kappa shape index (κ1) is 28.6. The molecule has 0 fully saturated rings. The van der Waals surface area contributed by atoms with E-state index in [1.807, 2.05) is 0 Å². The van der Waals surface area contributed by atoms with Crippen LogP contribution in [0.2, 0.25) is 0 Å². The molecule has 0 aliphatic heterocycles. The second kappa shape index (κ2) is 15.4. The van der Waals surface area contributed by atoms with Gasteiger partial charge in [-0.05, 0) is 36.6 Å². The number of hydrogen-bond donors (Lipinski definition) is 1. The Hall–Kier alpha value is -0.414. The standard InChI is InChI=1S/C24H34O5S.K/c1-2-3-4-5-6-7-8-9-10-12-15-20-18-22(25)24(30(26,27)28)23(19-20)29-21-16-13-11-14-17-21;/h11,13-14,16-19,25H,2-10,12,15H2,1H3,(H,26,27,28);/q;+1/p-1. The van der Waals surface area contributed by atoms with Crippen molar-refractivity contribution in [2.45, 2.75) is 82.4 Å². The summed E-state index contributed by atoms with van der Waals surface area (Å²) in [5.74, 6) is -0.468. The minimum absolute atomic E-state index is 0. The molecule has 0 heterocycles. The van der Waals surface area contributed by atoms with Crippen molar-refractivity contribution in [2.24, 2.45) is 0 Å². The topological polar surface area (TPSA) is 86.7 Å². The molecule has 0 aliphatic carbocycles. The van der Waals surface area contributed by atoms with E-state index < -0.39 is 20.8 Å². The summed E-state index contributed by atoms with van der Waals surface area (Å²) in [6, 6.07) is 11.4. The molecule has 0 unspecified atom stereocenters. The molecule has 5 nitrogen and oxygen atoms in total. The molecule has 166 valence electrons. The number of para-hydroxylation sites is 1. The van der Waals surface area contributed by atoms with Crippen LogP contribution in [0.5, 0.6) is 17.2 Å². The van der Waals surface area contributed by atoms with Gasteiger partial charge in [-0.25, -0.2) is 0 Å². The van der Waals surface area contributed by atoms with E-state index in [0.29, 0.717) is 12.2 Å². The van der Waals surface area contributed by atoms with Crippen LogP contribution in [-0.4, -0.2) is 13.0 Å². The largest absolute Gasteiger partial charge is 1.00 e. The van der Waals surface area contributed by atoms with Crippen LogP contribution in [0.4, 0.5) is 0 Å². The van der Waals surface area contributed by atoms with E-state index in [9.17, 15) is 18.1 Å². The van der Waals surface area contributed by atoms with Gasteiger partial charge in [0.2, 0.25) is 0 Å². The molecule has 7 heteroatoms. The van der Waals surface area contributed by atoms with Crippen LogP contribution in [0.25, 0.3) is 0 Å². The molecule has 0 saturated carbocycles. The molecule has 0 radical (unpaired) electrons. The Morgan fingerprint density at radius 2 is 1.42 bits per heavy atom. The quantitative estimate of drug-likeness (QED) is 0.259. The summed E-state index contributed by atoms with van der Waals surface area (Å²) in [4.78, 5) is -0.710. The molecule has 0 saturated heterocycles. The molecule has 2 aromatic rings. The second-order valence-corrected chi connectivity index (χ2v) is 9.10. The zero-order chi connectivity index (χ0) is 21.8. The summed E-state index contributed by atoms with van der Waals surface area (Å²) in [6.07, 6.45) is 12.9. The van der Waals surface area contributed by atoms with E-state index in [4.69, 9.17) is 4.74 Å². The van der Waals surface area contributed by atoms with Crippen LogP contribution >= 0.6 is 0 Å². The number of aryl methyl sites for hydroxylation is 1. The summed E-state index contributed by atoms with van der Waals surface area (Å²) in [6.45, 7) is 2.23. The van der Waals surface area contributed by atoms with Gasteiger partial charge in [0.1, 0.15) is 16.4 Å². The average Bonchev–Trinajstić information content (AvgIpc) is 2.69. The monoisotopic (exact) mass is 472 g/mol. The zero-order valence-corrected chi connectivity index (χ0v) is 22.7. The Balaban J connectivity index is 0.00000480. The summed E-state index contributed by atoms with van der Waals surface area (Å²) in [5, 5.41) is 12.4. The molecule has 31 heavy (non-hydrogen) atoms. The molecule has 0 atom stereocenters. The van der Waals surface area contributed by atoms with Gasteiger partial charge in [-0.2, -0.15) is 8.42 Å². The van der Waals surface area contributed by atoms with Crippen LogP contribution in [-0.2, 0) is 16.5 Å². The van der Waals surface area contributed by atoms with Crippen molar-refractivity contribution >= 4 is 10.1 Å². The molecule has 0 aliphatic rings. The number of ether oxygens (including phenoxy) is 1. The first-order valence-corrected chi connectivity index (χ1v) is 12.4. The van der Waals surface area contributed by atoms with Gasteiger partial charge in [0.15, 0.2) is 0 Å². The number of hydrogen-bond acceptors (Lipinski definition) is 4. The minimum Gasteiger partial charge on any atom is -0.871 e. The number of unbranched alkanes of at least 4 members (excludes halogenated alkanes) is 9. The van der Waals surface area contributed by atoms with Crippen molar-refractivity contribution in [3.05, 3.63) is 48.0 Å². The number of benzene rings is 2. The first-order valence-electron chi connectivity index (χ1n) is 11.0. The summed E-state index contributed by atoms with van der Waals surface area (Å²) in [7, 11) is -4.68. The van der Waals surface area contributed by atoms with Gasteiger partial charge in [-0.3, -0.25) is 4.55 Å². The molecule has 0 bridgehead atoms. The predicted molar refractivity (Wildman–Crippen MR) is 118 cm³/mol. The van der Waals surface area contributed by atoms with Gasteiger partial charge >= 0.3 is 51.4 Å². The van der Waals surface area contributed by atoms with E-state index in [1.165, 1.54) is 51.0 Å². The van der Waals surface area contributed by atoms with Crippen LogP contribution < -0.4 is 61.2 Å². The van der Waals surface area contributed by atoms with E-state index in [0.717, 1.165) is 24.8 Å². The van der Waals surface area contributed by atoms with Crippen molar-refractivity contribution in [2.75, 3.05) is 0 Å². The number of rotatable bonds is 14. The third-order valence-corrected chi connectivity index (χ3v) is 6.05. The summed E-state index contributed by atoms with van der Waals surface area (Å²) in [5.41, 5.74) is 0.720. The van der Waals surface area contributed by atoms with E-state index in [-0.39, 0.29) is 57.1 Å². The van der Waals surface area contributed by atoms with Gasteiger partial charge in [0.25, 0.3) is 10.1 Å². The SMILES string of the molecule is CCCCCCCCCCCCc1cc([O-])c(S(=O)(=O)O)c(Oc2ccccc2)c1.[K+]. The summed E-state index contributed by atoms with van der Waals surface area (Å²) < 4.78 is 38.5. The Labute approximate surface area is 229 Å². The molecule has 1 N–H and O–H groups in total. The van der Waals surface area contributed by atoms with Gasteiger partial charge in [0, 0.05) is 0 Å². The van der Waals surface area contributed by atoms with Crippen LogP contribution in [0.3, 0.4) is 0 Å². The predicted octanol–water partition coefficient (Wildman–Crippen LogP) is 3.27. The average molecular weight is 473 g/mol. The van der Waals surface area contributed by atoms with Crippen LogP contribution in [0, 0.1) is 0 Å². The first-order chi connectivity index (χ1) is 14.4. The van der Waals surface area contributed by atoms with Crippen molar-refractivity contribution in [1.29, 1.82) is 0 Å². The Kier molecular flexibility index (Phi) is 14.2. The van der Waals surface area contributed by atoms with Gasteiger partial charge < -0.3 is 9.84 Å². The van der Waals surface area contributed by atoms with E-state index in [1.54, 1.807) is 36.4 Å². The Morgan fingerprint density at radius 3 is 1.97 bits per heavy atom. The molecule has 0 aromatic heterocycles. The smallest absolute Gasteiger partial charge is 0.871 e. The maximum Gasteiger partial charge on any atom is 1.00 e. The Morgan fingerprint density at radius 1 is 0.871 bits per heavy atom. The minimum atomic E-state index is -4.68. The van der Waals surface area contributed by atoms with Crippen molar-refractivity contribution in [1.82, 2.24) is 0 Å². The molecule has 0 spiro atoms. The molecular weight excluding hydrogens is 439 g/mol. The van der Waals surface area contributed by atoms with Crippen molar-refractivity contribution in [3.63, 3.8) is 0 Å². The fourth-order valence-electron chi connectivity index (χ4n) is 3.54. The van der Waals surface area contributed by atoms with Crippen molar-refractivity contribution < 1.29 is 74.2 Å². The maximum absolute atomic E-state index is 12.4. The van der Waals surface area contributed by atoms with E-state index in [2.05, 4.69) is 6.92 Å².